The lowest BCUT2D eigenvalue weighted by atomic mass is 10.3. The van der Waals surface area contributed by atoms with E-state index in [-0.39, 0.29) is 0 Å². The van der Waals surface area contributed by atoms with Crippen molar-refractivity contribution in [3.63, 3.8) is 0 Å². The van der Waals surface area contributed by atoms with Gasteiger partial charge in [0.2, 0.25) is 0 Å². The summed E-state index contributed by atoms with van der Waals surface area (Å²) in [4.78, 5) is 0. The lowest BCUT2D eigenvalue weighted by Crippen LogP contribution is -2.21. The number of rotatable bonds is 0. The molecule has 0 aliphatic rings. The number of benzene rings is 1. The van der Waals surface area contributed by atoms with Gasteiger partial charge in [-0.1, -0.05) is 24.3 Å². The smallest absolute Gasteiger partial charge is 0.0118 e. The summed E-state index contributed by atoms with van der Waals surface area (Å²) in [7, 11) is 0. The molecule has 0 nitrogen and oxygen atoms in total. The molecule has 0 saturated heterocycles. The zero-order chi connectivity index (χ0) is 7.40. The van der Waals surface area contributed by atoms with Gasteiger partial charge in [0.25, 0.3) is 0 Å². The maximum atomic E-state index is 4.05. The van der Waals surface area contributed by atoms with Crippen LogP contribution in [-0.4, -0.2) is 0 Å². The molecule has 0 N–H and O–H groups in total. The van der Waals surface area contributed by atoms with Gasteiger partial charge in [0.05, 0.1) is 0 Å². The highest BCUT2D eigenvalue weighted by molar-refractivity contribution is 7.88. The molecule has 0 heterocycles. The van der Waals surface area contributed by atoms with Gasteiger partial charge >= 0.3 is 0 Å². The van der Waals surface area contributed by atoms with Crippen LogP contribution in [-0.2, 0) is 0 Å². The lowest BCUT2D eigenvalue weighted by molar-refractivity contribution is 1.54. The Labute approximate surface area is 71.1 Å². The molecule has 0 aliphatic carbocycles. The van der Waals surface area contributed by atoms with E-state index in [0.717, 1.165) is 10.4 Å². The molecule has 0 saturated carbocycles. The van der Waals surface area contributed by atoms with Crippen LogP contribution in [0, 0.1) is 0 Å². The maximum Gasteiger partial charge on any atom is -0.0118 e. The normalized spacial score (nSPS) is 14.2. The molecule has 0 spiro atoms. The predicted molar refractivity (Wildman–Crippen MR) is 52.6 cm³/mol. The van der Waals surface area contributed by atoms with Gasteiger partial charge in [-0.15, -0.1) is 0 Å². The second-order valence-corrected chi connectivity index (χ2v) is 2.40. The van der Waals surface area contributed by atoms with Crippen molar-refractivity contribution in [3.8, 4) is 0 Å². The SMILES string of the molecule is SC=c1ccccc1=CS. The van der Waals surface area contributed by atoms with Crippen LogP contribution < -0.4 is 10.4 Å². The quantitative estimate of drug-likeness (QED) is 0.531. The molecule has 0 aromatic heterocycles. The van der Waals surface area contributed by atoms with E-state index in [1.807, 2.05) is 24.3 Å². The molecule has 0 aliphatic heterocycles. The van der Waals surface area contributed by atoms with E-state index in [1.165, 1.54) is 0 Å². The Kier molecular flexibility index (Phi) is 2.90. The summed E-state index contributed by atoms with van der Waals surface area (Å²) in [5, 5.41) is 5.73. The minimum Gasteiger partial charge on any atom is -0.151 e. The van der Waals surface area contributed by atoms with Gasteiger partial charge in [0.15, 0.2) is 0 Å². The third kappa shape index (κ3) is 1.58. The topological polar surface area (TPSA) is 0 Å². The van der Waals surface area contributed by atoms with Crippen LogP contribution in [0.25, 0.3) is 10.8 Å². The molecule has 52 valence electrons. The summed E-state index contributed by atoms with van der Waals surface area (Å²) in [6.45, 7) is 0. The fraction of sp³-hybridized carbons (Fsp3) is 0. The molecular formula is C8H8S2. The molecule has 10 heavy (non-hydrogen) atoms. The molecular weight excluding hydrogens is 160 g/mol. The summed E-state index contributed by atoms with van der Waals surface area (Å²) in [6.07, 6.45) is 0. The van der Waals surface area contributed by atoms with Crippen molar-refractivity contribution in [1.82, 2.24) is 0 Å². The first kappa shape index (κ1) is 7.76. The third-order valence-corrected chi connectivity index (χ3v) is 1.83. The Morgan fingerprint density at radius 2 is 1.30 bits per heavy atom. The van der Waals surface area contributed by atoms with Gasteiger partial charge in [-0.2, -0.15) is 25.3 Å². The first-order valence-corrected chi connectivity index (χ1v) is 3.95. The predicted octanol–water partition coefficient (Wildman–Crippen LogP) is 1.02. The lowest BCUT2D eigenvalue weighted by Gasteiger charge is -1.84. The minimum atomic E-state index is 1.10. The summed E-state index contributed by atoms with van der Waals surface area (Å²) in [5.74, 6) is 0. The molecule has 2 heteroatoms. The van der Waals surface area contributed by atoms with Gasteiger partial charge in [0.1, 0.15) is 0 Å². The summed E-state index contributed by atoms with van der Waals surface area (Å²) in [5.41, 5.74) is 0. The molecule has 0 fully saturated rings. The van der Waals surface area contributed by atoms with E-state index in [9.17, 15) is 0 Å². The van der Waals surface area contributed by atoms with E-state index in [1.54, 1.807) is 10.8 Å². The average molecular weight is 168 g/mol. The molecule has 1 aromatic rings. The van der Waals surface area contributed by atoms with Crippen molar-refractivity contribution in [2.75, 3.05) is 0 Å². The minimum absolute atomic E-state index is 1.10. The third-order valence-electron chi connectivity index (χ3n) is 1.27. The van der Waals surface area contributed by atoms with E-state index in [4.69, 9.17) is 0 Å². The summed E-state index contributed by atoms with van der Waals surface area (Å²) >= 11 is 8.11. The fourth-order valence-electron chi connectivity index (χ4n) is 0.746. The van der Waals surface area contributed by atoms with Crippen molar-refractivity contribution in [1.29, 1.82) is 0 Å². The maximum absolute atomic E-state index is 4.05. The molecule has 0 unspecified atom stereocenters. The van der Waals surface area contributed by atoms with Crippen LogP contribution in [0.1, 0.15) is 0 Å². The number of thiol groups is 2. The Morgan fingerprint density at radius 3 is 1.60 bits per heavy atom. The highest BCUT2D eigenvalue weighted by Gasteiger charge is 1.77. The van der Waals surface area contributed by atoms with Crippen molar-refractivity contribution < 1.29 is 0 Å². The highest BCUT2D eigenvalue weighted by atomic mass is 32.1. The van der Waals surface area contributed by atoms with Gasteiger partial charge in [-0.25, -0.2) is 0 Å². The van der Waals surface area contributed by atoms with Crippen LogP contribution in [0.15, 0.2) is 24.3 Å². The zero-order valence-corrected chi connectivity index (χ0v) is 7.15. The van der Waals surface area contributed by atoms with E-state index < -0.39 is 0 Å². The molecule has 1 rings (SSSR count). The molecule has 0 bridgehead atoms. The second-order valence-electron chi connectivity index (χ2n) is 1.89. The van der Waals surface area contributed by atoms with Crippen molar-refractivity contribution in [2.45, 2.75) is 0 Å². The second kappa shape index (κ2) is 3.74. The zero-order valence-electron chi connectivity index (χ0n) is 5.36. The van der Waals surface area contributed by atoms with Crippen LogP contribution >= 0.6 is 25.3 Å². The Balaban J connectivity index is 3.53. The molecule has 1 aromatic carbocycles. The van der Waals surface area contributed by atoms with Gasteiger partial charge < -0.3 is 0 Å². The van der Waals surface area contributed by atoms with Crippen LogP contribution in [0.5, 0.6) is 0 Å². The number of hydrogen-bond acceptors (Lipinski definition) is 2. The van der Waals surface area contributed by atoms with Crippen molar-refractivity contribution in [3.05, 3.63) is 34.7 Å². The van der Waals surface area contributed by atoms with E-state index in [0.29, 0.717) is 0 Å². The first-order chi connectivity index (χ1) is 4.88. The fourth-order valence-corrected chi connectivity index (χ4v) is 1.22. The number of hydrogen-bond donors (Lipinski definition) is 2. The van der Waals surface area contributed by atoms with Crippen LogP contribution in [0.2, 0.25) is 0 Å². The highest BCUT2D eigenvalue weighted by Crippen LogP contribution is 1.76. The van der Waals surface area contributed by atoms with Gasteiger partial charge in [-0.05, 0) is 21.3 Å². The largest absolute Gasteiger partial charge is 0.151 e. The van der Waals surface area contributed by atoms with Crippen LogP contribution in [0.3, 0.4) is 0 Å². The van der Waals surface area contributed by atoms with Gasteiger partial charge in [0, 0.05) is 0 Å². The first-order valence-electron chi connectivity index (χ1n) is 2.92. The van der Waals surface area contributed by atoms with Crippen LogP contribution in [0.4, 0.5) is 0 Å². The molecule has 0 amide bonds. The monoisotopic (exact) mass is 168 g/mol. The van der Waals surface area contributed by atoms with Crippen molar-refractivity contribution >= 4 is 36.1 Å². The molecule has 0 atom stereocenters. The standard InChI is InChI=1S/C8H8S2/c9-5-7-3-1-2-4-8(7)6-10/h1-6,9-10H. The van der Waals surface area contributed by atoms with E-state index in [2.05, 4.69) is 25.3 Å². The Hall–Kier alpha value is -0.340. The van der Waals surface area contributed by atoms with Gasteiger partial charge in [-0.3, -0.25) is 0 Å². The van der Waals surface area contributed by atoms with Crippen molar-refractivity contribution in [2.24, 2.45) is 0 Å². The Bertz CT molecular complexity index is 281. The summed E-state index contributed by atoms with van der Waals surface area (Å²) in [6, 6.07) is 7.94. The average Bonchev–Trinajstić information content (AvgIpc) is 2.04. The molecule has 0 radical (unpaired) electrons. The van der Waals surface area contributed by atoms with E-state index >= 15 is 0 Å². The summed E-state index contributed by atoms with van der Waals surface area (Å²) < 4.78 is 0. The Morgan fingerprint density at radius 1 is 0.900 bits per heavy atom.